The zero-order chi connectivity index (χ0) is 13.8. The fourth-order valence-electron chi connectivity index (χ4n) is 1.57. The lowest BCUT2D eigenvalue weighted by Gasteiger charge is -2.25. The lowest BCUT2D eigenvalue weighted by Crippen LogP contribution is -2.33. The summed E-state index contributed by atoms with van der Waals surface area (Å²) < 4.78 is 5.54. The van der Waals surface area contributed by atoms with E-state index >= 15 is 0 Å². The Morgan fingerprint density at radius 1 is 1.50 bits per heavy atom. The Bertz CT molecular complexity index is 433. The minimum Gasteiger partial charge on any atom is -0.397 e. The predicted octanol–water partition coefficient (Wildman–Crippen LogP) is 2.40. The van der Waals surface area contributed by atoms with Gasteiger partial charge in [-0.3, -0.25) is 10.1 Å². The number of nitrogen functional groups attached to an aromatic ring is 1. The van der Waals surface area contributed by atoms with Gasteiger partial charge in [0.25, 0.3) is 5.69 Å². The number of hydrogen-bond donors (Lipinski definition) is 2. The van der Waals surface area contributed by atoms with E-state index in [1.165, 1.54) is 12.1 Å². The van der Waals surface area contributed by atoms with Crippen LogP contribution < -0.4 is 11.1 Å². The van der Waals surface area contributed by atoms with E-state index in [0.717, 1.165) is 0 Å². The molecule has 6 heteroatoms. The van der Waals surface area contributed by atoms with Crippen LogP contribution in [0.4, 0.5) is 17.1 Å². The lowest BCUT2D eigenvalue weighted by atomic mass is 10.1. The number of nitro benzene ring substituents is 1. The van der Waals surface area contributed by atoms with Gasteiger partial charge in [-0.05, 0) is 26.8 Å². The van der Waals surface area contributed by atoms with Crippen LogP contribution in [0.1, 0.15) is 20.8 Å². The molecule has 1 aromatic rings. The third-order valence-corrected chi connectivity index (χ3v) is 2.49. The van der Waals surface area contributed by atoms with Crippen molar-refractivity contribution in [2.75, 3.05) is 24.2 Å². The van der Waals surface area contributed by atoms with Crippen LogP contribution in [0, 0.1) is 10.1 Å². The number of anilines is 2. The second-order valence-corrected chi connectivity index (χ2v) is 4.57. The molecule has 0 aliphatic carbocycles. The summed E-state index contributed by atoms with van der Waals surface area (Å²) in [6.07, 6.45) is 0. The number of non-ortho nitro benzene ring substituents is 1. The number of nitrogens with one attached hydrogen (secondary N) is 1. The molecule has 0 atom stereocenters. The van der Waals surface area contributed by atoms with E-state index < -0.39 is 4.92 Å². The maximum Gasteiger partial charge on any atom is 0.271 e. The van der Waals surface area contributed by atoms with Crippen molar-refractivity contribution in [2.45, 2.75) is 26.4 Å². The van der Waals surface area contributed by atoms with E-state index in [9.17, 15) is 10.1 Å². The molecule has 6 nitrogen and oxygen atoms in total. The van der Waals surface area contributed by atoms with Gasteiger partial charge in [-0.15, -0.1) is 0 Å². The van der Waals surface area contributed by atoms with Crippen LogP contribution in [0.25, 0.3) is 0 Å². The molecular formula is C12H19N3O3. The molecule has 0 unspecified atom stereocenters. The topological polar surface area (TPSA) is 90.4 Å². The molecule has 0 saturated carbocycles. The molecule has 1 rings (SSSR count). The Hall–Kier alpha value is -1.82. The van der Waals surface area contributed by atoms with Crippen LogP contribution >= 0.6 is 0 Å². The molecule has 0 spiro atoms. The summed E-state index contributed by atoms with van der Waals surface area (Å²) in [5.74, 6) is 0. The fraction of sp³-hybridized carbons (Fsp3) is 0.500. The van der Waals surface area contributed by atoms with Crippen molar-refractivity contribution in [3.8, 4) is 0 Å². The maximum atomic E-state index is 10.6. The van der Waals surface area contributed by atoms with Crippen molar-refractivity contribution in [1.82, 2.24) is 0 Å². The predicted molar refractivity (Wildman–Crippen MR) is 71.7 cm³/mol. The van der Waals surface area contributed by atoms with Crippen molar-refractivity contribution >= 4 is 17.1 Å². The Morgan fingerprint density at radius 3 is 2.67 bits per heavy atom. The molecule has 0 fully saturated rings. The Morgan fingerprint density at radius 2 is 2.17 bits per heavy atom. The summed E-state index contributed by atoms with van der Waals surface area (Å²) >= 11 is 0. The summed E-state index contributed by atoms with van der Waals surface area (Å²) in [6, 6.07) is 4.37. The quantitative estimate of drug-likeness (QED) is 0.461. The van der Waals surface area contributed by atoms with Crippen molar-refractivity contribution in [3.05, 3.63) is 28.3 Å². The highest BCUT2D eigenvalue weighted by atomic mass is 16.6. The minimum atomic E-state index is -0.468. The normalized spacial score (nSPS) is 11.3. The van der Waals surface area contributed by atoms with E-state index in [2.05, 4.69) is 5.32 Å². The number of nitrogens with two attached hydrogens (primary N) is 1. The number of ether oxygens (including phenoxy) is 1. The van der Waals surface area contributed by atoms with Gasteiger partial charge in [-0.1, -0.05) is 0 Å². The van der Waals surface area contributed by atoms with E-state index in [1.54, 1.807) is 6.07 Å². The minimum absolute atomic E-state index is 0.0119. The molecule has 3 N–H and O–H groups in total. The Balaban J connectivity index is 2.71. The average molecular weight is 253 g/mol. The third kappa shape index (κ3) is 3.89. The van der Waals surface area contributed by atoms with Crippen LogP contribution in [-0.2, 0) is 4.74 Å². The summed E-state index contributed by atoms with van der Waals surface area (Å²) in [5.41, 5.74) is 6.46. The number of hydrogen-bond acceptors (Lipinski definition) is 5. The summed E-state index contributed by atoms with van der Waals surface area (Å²) in [7, 11) is 0. The molecule has 0 aromatic heterocycles. The highest BCUT2D eigenvalue weighted by Crippen LogP contribution is 2.24. The maximum absolute atomic E-state index is 10.6. The largest absolute Gasteiger partial charge is 0.397 e. The summed E-state index contributed by atoms with van der Waals surface area (Å²) in [4.78, 5) is 10.1. The van der Waals surface area contributed by atoms with Gasteiger partial charge in [0.05, 0.1) is 21.9 Å². The van der Waals surface area contributed by atoms with Crippen LogP contribution in [0.2, 0.25) is 0 Å². The van der Waals surface area contributed by atoms with Crippen molar-refractivity contribution in [3.63, 3.8) is 0 Å². The SMILES string of the molecule is CCOC(C)(C)CNc1ccc([N+](=O)[O-])cc1N. The first-order chi connectivity index (χ1) is 8.35. The molecule has 100 valence electrons. The zero-order valence-electron chi connectivity index (χ0n) is 10.9. The van der Waals surface area contributed by atoms with Crippen LogP contribution in [0.5, 0.6) is 0 Å². The number of nitrogens with zero attached hydrogens (tertiary/aromatic N) is 1. The molecular weight excluding hydrogens is 234 g/mol. The van der Waals surface area contributed by atoms with E-state index in [0.29, 0.717) is 24.5 Å². The van der Waals surface area contributed by atoms with Gasteiger partial charge in [0.1, 0.15) is 0 Å². The molecule has 0 aliphatic rings. The van der Waals surface area contributed by atoms with Crippen LogP contribution in [0.3, 0.4) is 0 Å². The van der Waals surface area contributed by atoms with Crippen LogP contribution in [0.15, 0.2) is 18.2 Å². The first kappa shape index (κ1) is 14.2. The highest BCUT2D eigenvalue weighted by molar-refractivity contribution is 5.69. The van der Waals surface area contributed by atoms with Crippen molar-refractivity contribution in [1.29, 1.82) is 0 Å². The third-order valence-electron chi connectivity index (χ3n) is 2.49. The zero-order valence-corrected chi connectivity index (χ0v) is 10.9. The molecule has 0 bridgehead atoms. The van der Waals surface area contributed by atoms with Crippen molar-refractivity contribution < 1.29 is 9.66 Å². The Kier molecular flexibility index (Phi) is 4.49. The van der Waals surface area contributed by atoms with Crippen LogP contribution in [-0.4, -0.2) is 23.7 Å². The molecule has 0 radical (unpaired) electrons. The Labute approximate surface area is 106 Å². The molecule has 0 heterocycles. The standard InChI is InChI=1S/C12H19N3O3/c1-4-18-12(2,3)8-14-11-6-5-9(15(16)17)7-10(11)13/h5-7,14H,4,8,13H2,1-3H3. The second-order valence-electron chi connectivity index (χ2n) is 4.57. The first-order valence-electron chi connectivity index (χ1n) is 5.77. The molecule has 18 heavy (non-hydrogen) atoms. The van der Waals surface area contributed by atoms with E-state index in [-0.39, 0.29) is 11.3 Å². The van der Waals surface area contributed by atoms with E-state index in [1.807, 2.05) is 20.8 Å². The van der Waals surface area contributed by atoms with Gasteiger partial charge < -0.3 is 15.8 Å². The van der Waals surface area contributed by atoms with Gasteiger partial charge in [-0.2, -0.15) is 0 Å². The van der Waals surface area contributed by atoms with Gasteiger partial charge in [0, 0.05) is 25.3 Å². The highest BCUT2D eigenvalue weighted by Gasteiger charge is 2.18. The van der Waals surface area contributed by atoms with Gasteiger partial charge >= 0.3 is 0 Å². The number of nitro groups is 1. The van der Waals surface area contributed by atoms with Crippen molar-refractivity contribution in [2.24, 2.45) is 0 Å². The van der Waals surface area contributed by atoms with Gasteiger partial charge in [-0.25, -0.2) is 0 Å². The second kappa shape index (κ2) is 5.68. The smallest absolute Gasteiger partial charge is 0.271 e. The first-order valence-corrected chi connectivity index (χ1v) is 5.77. The van der Waals surface area contributed by atoms with Gasteiger partial charge in [0.2, 0.25) is 0 Å². The summed E-state index contributed by atoms with van der Waals surface area (Å²) in [6.45, 7) is 7.06. The lowest BCUT2D eigenvalue weighted by molar-refractivity contribution is -0.384. The van der Waals surface area contributed by atoms with Gasteiger partial charge in [0.15, 0.2) is 0 Å². The molecule has 1 aromatic carbocycles. The van der Waals surface area contributed by atoms with E-state index in [4.69, 9.17) is 10.5 Å². The number of benzene rings is 1. The summed E-state index contributed by atoms with van der Waals surface area (Å²) in [5, 5.41) is 13.7. The average Bonchev–Trinajstić information content (AvgIpc) is 2.27. The monoisotopic (exact) mass is 253 g/mol. The fourth-order valence-corrected chi connectivity index (χ4v) is 1.57. The molecule has 0 aliphatic heterocycles. The number of rotatable bonds is 6. The molecule has 0 amide bonds. The molecule has 0 saturated heterocycles.